The van der Waals surface area contributed by atoms with Crippen molar-refractivity contribution >= 4 is 10.0 Å². The maximum absolute atomic E-state index is 11.9. The summed E-state index contributed by atoms with van der Waals surface area (Å²) in [7, 11) is -3.51. The fourth-order valence-corrected chi connectivity index (χ4v) is 2.61. The average molecular weight is 282 g/mol. The fourth-order valence-electron chi connectivity index (χ4n) is 1.54. The van der Waals surface area contributed by atoms with Crippen LogP contribution in [0.4, 0.5) is 0 Å². The Morgan fingerprint density at radius 2 is 2.00 bits per heavy atom. The second-order valence-corrected chi connectivity index (χ2v) is 6.23. The molecule has 2 N–H and O–H groups in total. The summed E-state index contributed by atoms with van der Waals surface area (Å²) >= 11 is 0. The van der Waals surface area contributed by atoms with Crippen LogP contribution in [0.2, 0.25) is 0 Å². The Hall–Kier alpha value is -1.42. The lowest BCUT2D eigenvalue weighted by atomic mass is 10.1. The Morgan fingerprint density at radius 3 is 2.53 bits per heavy atom. The Morgan fingerprint density at radius 1 is 1.37 bits per heavy atom. The average Bonchev–Trinajstić information content (AvgIpc) is 2.43. The van der Waals surface area contributed by atoms with E-state index in [9.17, 15) is 8.42 Å². The highest BCUT2D eigenvalue weighted by Gasteiger charge is 2.13. The summed E-state index contributed by atoms with van der Waals surface area (Å²) in [5.74, 6) is 0.180. The van der Waals surface area contributed by atoms with Crippen molar-refractivity contribution in [3.05, 3.63) is 29.8 Å². The zero-order chi connectivity index (χ0) is 14.3. The van der Waals surface area contributed by atoms with Crippen LogP contribution in [0.15, 0.2) is 29.2 Å². The maximum Gasteiger partial charge on any atom is 0.240 e. The van der Waals surface area contributed by atoms with Gasteiger partial charge in [-0.3, -0.25) is 0 Å². The van der Waals surface area contributed by atoms with E-state index in [-0.39, 0.29) is 17.4 Å². The number of aliphatic hydroxyl groups excluding tert-OH is 1. The van der Waals surface area contributed by atoms with Crippen LogP contribution in [-0.4, -0.2) is 26.7 Å². The third kappa shape index (κ3) is 4.99. The van der Waals surface area contributed by atoms with Gasteiger partial charge < -0.3 is 5.11 Å². The van der Waals surface area contributed by atoms with E-state index in [1.807, 2.05) is 13.0 Å². The maximum atomic E-state index is 11.9. The molecule has 0 fully saturated rings. The van der Waals surface area contributed by atoms with Crippen LogP contribution in [0.1, 0.15) is 25.3 Å². The van der Waals surface area contributed by atoms with Crippen LogP contribution in [0.25, 0.3) is 0 Å². The lowest BCUT2D eigenvalue weighted by molar-refractivity contribution is 0.228. The van der Waals surface area contributed by atoms with Crippen LogP contribution in [-0.2, 0) is 10.0 Å². The number of aliphatic hydroxyl groups is 1. The largest absolute Gasteiger partial charge is 0.396 e. The van der Waals surface area contributed by atoms with E-state index in [0.717, 1.165) is 6.42 Å². The summed E-state index contributed by atoms with van der Waals surface area (Å²) in [6.45, 7) is 2.37. The van der Waals surface area contributed by atoms with Crippen LogP contribution < -0.4 is 4.72 Å². The standard InChI is InChI=1S/C13H18N2O3S/c1-11(10-16)3-2-8-15-19(17,18)13-6-4-12(9-14)5-7-13/h4-7,11,15-16H,2-3,8,10H2,1H3. The van der Waals surface area contributed by atoms with Crippen molar-refractivity contribution in [3.8, 4) is 6.07 Å². The topological polar surface area (TPSA) is 90.2 Å². The Bertz CT molecular complexity index is 532. The molecule has 1 unspecified atom stereocenters. The molecule has 0 aromatic heterocycles. The molecule has 0 heterocycles. The molecule has 0 spiro atoms. The molecule has 0 saturated heterocycles. The summed E-state index contributed by atoms with van der Waals surface area (Å²) < 4.78 is 26.3. The van der Waals surface area contributed by atoms with Gasteiger partial charge in [-0.25, -0.2) is 13.1 Å². The van der Waals surface area contributed by atoms with E-state index in [2.05, 4.69) is 4.72 Å². The Labute approximate surface area is 113 Å². The SMILES string of the molecule is CC(CO)CCCNS(=O)(=O)c1ccc(C#N)cc1. The number of sulfonamides is 1. The molecule has 1 aromatic rings. The quantitative estimate of drug-likeness (QED) is 0.736. The molecule has 1 aromatic carbocycles. The third-order valence-electron chi connectivity index (χ3n) is 2.77. The molecule has 6 heteroatoms. The first-order chi connectivity index (χ1) is 8.99. The highest BCUT2D eigenvalue weighted by molar-refractivity contribution is 7.89. The van der Waals surface area contributed by atoms with Gasteiger partial charge in [-0.15, -0.1) is 0 Å². The molecule has 0 bridgehead atoms. The second-order valence-electron chi connectivity index (χ2n) is 4.46. The van der Waals surface area contributed by atoms with Gasteiger partial charge in [0, 0.05) is 13.2 Å². The van der Waals surface area contributed by atoms with E-state index < -0.39 is 10.0 Å². The van der Waals surface area contributed by atoms with E-state index >= 15 is 0 Å². The number of nitriles is 1. The normalized spacial score (nSPS) is 12.9. The van der Waals surface area contributed by atoms with Crippen molar-refractivity contribution in [1.82, 2.24) is 4.72 Å². The molecule has 0 aliphatic rings. The monoisotopic (exact) mass is 282 g/mol. The minimum absolute atomic E-state index is 0.113. The molecule has 0 amide bonds. The number of benzene rings is 1. The van der Waals surface area contributed by atoms with Crippen molar-refractivity contribution in [1.29, 1.82) is 5.26 Å². The van der Waals surface area contributed by atoms with Crippen LogP contribution in [0, 0.1) is 17.2 Å². The Kier molecular flexibility index (Phi) is 5.96. The minimum Gasteiger partial charge on any atom is -0.396 e. The van der Waals surface area contributed by atoms with Gasteiger partial charge in [0.2, 0.25) is 10.0 Å². The van der Waals surface area contributed by atoms with Gasteiger partial charge in [-0.05, 0) is 43.0 Å². The van der Waals surface area contributed by atoms with E-state index in [4.69, 9.17) is 10.4 Å². The molecule has 104 valence electrons. The third-order valence-corrected chi connectivity index (χ3v) is 4.25. The molecule has 0 aliphatic heterocycles. The van der Waals surface area contributed by atoms with Crippen molar-refractivity contribution < 1.29 is 13.5 Å². The summed E-state index contributed by atoms with van der Waals surface area (Å²) in [6, 6.07) is 7.71. The van der Waals surface area contributed by atoms with Crippen LogP contribution in [0.5, 0.6) is 0 Å². The molecule has 1 rings (SSSR count). The second kappa shape index (κ2) is 7.24. The summed E-state index contributed by atoms with van der Waals surface area (Å²) in [6.07, 6.45) is 1.45. The minimum atomic E-state index is -3.51. The van der Waals surface area contributed by atoms with E-state index in [1.54, 1.807) is 0 Å². The highest BCUT2D eigenvalue weighted by atomic mass is 32.2. The molecule has 1 atom stereocenters. The number of nitrogens with zero attached hydrogens (tertiary/aromatic N) is 1. The Balaban J connectivity index is 2.54. The predicted octanol–water partition coefficient (Wildman–Crippen LogP) is 1.25. The number of hydrogen-bond acceptors (Lipinski definition) is 4. The lowest BCUT2D eigenvalue weighted by Gasteiger charge is -2.09. The molecule has 0 aliphatic carbocycles. The first-order valence-electron chi connectivity index (χ1n) is 6.10. The zero-order valence-electron chi connectivity index (χ0n) is 10.8. The molecular weight excluding hydrogens is 264 g/mol. The molecule has 5 nitrogen and oxygen atoms in total. The molecular formula is C13H18N2O3S. The smallest absolute Gasteiger partial charge is 0.240 e. The van der Waals surface area contributed by atoms with Crippen molar-refractivity contribution in [3.63, 3.8) is 0 Å². The molecule has 0 saturated carbocycles. The predicted molar refractivity (Wildman–Crippen MR) is 71.8 cm³/mol. The molecule has 0 radical (unpaired) electrons. The van der Waals surface area contributed by atoms with Gasteiger partial charge in [-0.1, -0.05) is 6.92 Å². The number of nitrogens with one attached hydrogen (secondary N) is 1. The summed E-state index contributed by atoms with van der Waals surface area (Å²) in [4.78, 5) is 0.154. The van der Waals surface area contributed by atoms with Gasteiger partial charge in [0.25, 0.3) is 0 Å². The fraction of sp³-hybridized carbons (Fsp3) is 0.462. The van der Waals surface area contributed by atoms with Gasteiger partial charge >= 0.3 is 0 Å². The van der Waals surface area contributed by atoms with Crippen molar-refractivity contribution in [2.45, 2.75) is 24.7 Å². The van der Waals surface area contributed by atoms with Crippen molar-refractivity contribution in [2.24, 2.45) is 5.92 Å². The number of hydrogen-bond donors (Lipinski definition) is 2. The van der Waals surface area contributed by atoms with E-state index in [0.29, 0.717) is 18.5 Å². The highest BCUT2D eigenvalue weighted by Crippen LogP contribution is 2.10. The summed E-state index contributed by atoms with van der Waals surface area (Å²) in [5.41, 5.74) is 0.427. The number of rotatable bonds is 7. The van der Waals surface area contributed by atoms with Gasteiger partial charge in [0.05, 0.1) is 16.5 Å². The summed E-state index contributed by atoms with van der Waals surface area (Å²) in [5, 5.41) is 17.5. The first kappa shape index (κ1) is 15.6. The van der Waals surface area contributed by atoms with Crippen LogP contribution >= 0.6 is 0 Å². The van der Waals surface area contributed by atoms with Gasteiger partial charge in [0.15, 0.2) is 0 Å². The van der Waals surface area contributed by atoms with Crippen LogP contribution in [0.3, 0.4) is 0 Å². The lowest BCUT2D eigenvalue weighted by Crippen LogP contribution is -2.25. The zero-order valence-corrected chi connectivity index (χ0v) is 11.7. The van der Waals surface area contributed by atoms with Gasteiger partial charge in [0.1, 0.15) is 0 Å². The van der Waals surface area contributed by atoms with E-state index in [1.165, 1.54) is 24.3 Å². The first-order valence-corrected chi connectivity index (χ1v) is 7.58. The van der Waals surface area contributed by atoms with Gasteiger partial charge in [-0.2, -0.15) is 5.26 Å². The van der Waals surface area contributed by atoms with Crippen molar-refractivity contribution in [2.75, 3.05) is 13.2 Å². The molecule has 19 heavy (non-hydrogen) atoms.